The highest BCUT2D eigenvalue weighted by molar-refractivity contribution is 5.96. The van der Waals surface area contributed by atoms with Crippen molar-refractivity contribution in [1.29, 1.82) is 0 Å². The van der Waals surface area contributed by atoms with E-state index in [1.54, 1.807) is 37.3 Å². The molecule has 2 amide bonds. The van der Waals surface area contributed by atoms with Gasteiger partial charge in [0.2, 0.25) is 0 Å². The van der Waals surface area contributed by atoms with Gasteiger partial charge in [-0.2, -0.15) is 0 Å². The molecule has 29 heavy (non-hydrogen) atoms. The Balaban J connectivity index is 1.46. The van der Waals surface area contributed by atoms with E-state index in [1.165, 1.54) is 6.92 Å². The Kier molecular flexibility index (Phi) is 6.29. The first-order chi connectivity index (χ1) is 13.9. The number of carbonyl (C=O) groups is 3. The van der Waals surface area contributed by atoms with Crippen molar-refractivity contribution in [1.82, 2.24) is 10.6 Å². The van der Waals surface area contributed by atoms with Gasteiger partial charge in [0.05, 0.1) is 6.04 Å². The van der Waals surface area contributed by atoms with Gasteiger partial charge in [-0.25, -0.2) is 4.79 Å². The Morgan fingerprint density at radius 3 is 2.38 bits per heavy atom. The molecule has 1 unspecified atom stereocenters. The first-order valence-electron chi connectivity index (χ1n) is 9.24. The maximum Gasteiger partial charge on any atom is 0.328 e. The molecule has 0 aliphatic carbocycles. The normalized spacial score (nSPS) is 12.8. The second kappa shape index (κ2) is 9.05. The van der Waals surface area contributed by atoms with E-state index in [9.17, 15) is 14.4 Å². The molecule has 3 rings (SSSR count). The van der Waals surface area contributed by atoms with Gasteiger partial charge in [-0.15, -0.1) is 0 Å². The number of benzene rings is 2. The fourth-order valence-electron chi connectivity index (χ4n) is 2.76. The Hall–Kier alpha value is -3.61. The van der Waals surface area contributed by atoms with Gasteiger partial charge < -0.3 is 19.8 Å². The maximum atomic E-state index is 12.1. The predicted octanol–water partition coefficient (Wildman–Crippen LogP) is 2.97. The smallest absolute Gasteiger partial charge is 0.328 e. The molecule has 0 saturated heterocycles. The van der Waals surface area contributed by atoms with Gasteiger partial charge >= 0.3 is 5.97 Å². The molecule has 2 N–H and O–H groups in total. The third kappa shape index (κ3) is 5.22. The number of amides is 2. The maximum absolute atomic E-state index is 12.1. The summed E-state index contributed by atoms with van der Waals surface area (Å²) in [5, 5.41) is 6.20. The van der Waals surface area contributed by atoms with Crippen molar-refractivity contribution in [3.8, 4) is 0 Å². The van der Waals surface area contributed by atoms with Gasteiger partial charge in [0.25, 0.3) is 11.8 Å². The van der Waals surface area contributed by atoms with E-state index in [0.29, 0.717) is 11.3 Å². The minimum atomic E-state index is -0.886. The number of para-hydroxylation sites is 1. The van der Waals surface area contributed by atoms with Crippen molar-refractivity contribution in [3.63, 3.8) is 0 Å². The summed E-state index contributed by atoms with van der Waals surface area (Å²) in [7, 11) is 0. The van der Waals surface area contributed by atoms with Crippen LogP contribution in [-0.4, -0.2) is 30.4 Å². The molecule has 0 fully saturated rings. The lowest BCUT2D eigenvalue weighted by Crippen LogP contribution is -2.41. The lowest BCUT2D eigenvalue weighted by Gasteiger charge is -2.15. The molecular weight excluding hydrogens is 372 g/mol. The van der Waals surface area contributed by atoms with E-state index in [4.69, 9.17) is 9.15 Å². The van der Waals surface area contributed by atoms with Crippen molar-refractivity contribution in [2.24, 2.45) is 0 Å². The highest BCUT2D eigenvalue weighted by atomic mass is 16.5. The van der Waals surface area contributed by atoms with Crippen LogP contribution >= 0.6 is 0 Å². The van der Waals surface area contributed by atoms with E-state index in [0.717, 1.165) is 11.0 Å². The Morgan fingerprint density at radius 1 is 0.966 bits per heavy atom. The van der Waals surface area contributed by atoms with Crippen molar-refractivity contribution in [3.05, 3.63) is 72.0 Å². The van der Waals surface area contributed by atoms with Gasteiger partial charge in [-0.05, 0) is 38.1 Å². The van der Waals surface area contributed by atoms with E-state index in [-0.39, 0.29) is 6.04 Å². The molecule has 0 spiro atoms. The standard InChI is InChI=1S/C22H22N2O5/c1-14(19-12-17-10-6-7-11-18(17)29-19)23-20(25)13-28-22(27)15(2)24-21(26)16-8-4-3-5-9-16/h3-12,14-15H,13H2,1-2H3,(H,23,25)(H,24,26)/t14?,15-/m0/s1. The topological polar surface area (TPSA) is 97.6 Å². The van der Waals surface area contributed by atoms with E-state index < -0.39 is 30.4 Å². The number of furan rings is 1. The Labute approximate surface area is 168 Å². The van der Waals surface area contributed by atoms with Crippen LogP contribution in [0.4, 0.5) is 0 Å². The first kappa shape index (κ1) is 20.1. The summed E-state index contributed by atoms with van der Waals surface area (Å²) >= 11 is 0. The van der Waals surface area contributed by atoms with Crippen LogP contribution in [0, 0.1) is 0 Å². The molecule has 0 aliphatic heterocycles. The first-order valence-corrected chi connectivity index (χ1v) is 9.24. The molecule has 3 aromatic rings. The van der Waals surface area contributed by atoms with Gasteiger partial charge in [-0.1, -0.05) is 36.4 Å². The summed E-state index contributed by atoms with van der Waals surface area (Å²) in [5.41, 5.74) is 1.17. The quantitative estimate of drug-likeness (QED) is 0.601. The molecule has 7 heteroatoms. The molecule has 0 aliphatic rings. The molecule has 0 saturated carbocycles. The number of carbonyl (C=O) groups excluding carboxylic acids is 3. The monoisotopic (exact) mass is 394 g/mol. The summed E-state index contributed by atoms with van der Waals surface area (Å²) < 4.78 is 10.7. The average Bonchev–Trinajstić information content (AvgIpc) is 3.17. The number of ether oxygens (including phenoxy) is 1. The molecule has 150 valence electrons. The summed E-state index contributed by atoms with van der Waals surface area (Å²) in [5.74, 6) is -0.943. The Bertz CT molecular complexity index is 979. The molecule has 0 bridgehead atoms. The van der Waals surface area contributed by atoms with Crippen LogP contribution in [0.1, 0.15) is 36.0 Å². The number of fused-ring (bicyclic) bond motifs is 1. The third-order valence-corrected chi connectivity index (χ3v) is 4.33. The minimum Gasteiger partial charge on any atom is -0.459 e. The zero-order chi connectivity index (χ0) is 20.8. The van der Waals surface area contributed by atoms with E-state index in [2.05, 4.69) is 10.6 Å². The number of hydrogen-bond acceptors (Lipinski definition) is 5. The van der Waals surface area contributed by atoms with E-state index >= 15 is 0 Å². The number of nitrogens with one attached hydrogen (secondary N) is 2. The summed E-state index contributed by atoms with van der Waals surface area (Å²) in [4.78, 5) is 36.2. The van der Waals surface area contributed by atoms with Gasteiger partial charge in [0, 0.05) is 10.9 Å². The summed E-state index contributed by atoms with van der Waals surface area (Å²) in [6.07, 6.45) is 0. The second-order valence-electron chi connectivity index (χ2n) is 6.64. The van der Waals surface area contributed by atoms with E-state index in [1.807, 2.05) is 30.3 Å². The van der Waals surface area contributed by atoms with Crippen molar-refractivity contribution in [2.75, 3.05) is 6.61 Å². The second-order valence-corrected chi connectivity index (χ2v) is 6.64. The van der Waals surface area contributed by atoms with Gasteiger partial charge in [0.1, 0.15) is 17.4 Å². The van der Waals surface area contributed by atoms with Crippen LogP contribution in [0.5, 0.6) is 0 Å². The molecule has 2 atom stereocenters. The zero-order valence-electron chi connectivity index (χ0n) is 16.2. The predicted molar refractivity (Wildman–Crippen MR) is 107 cm³/mol. The fraction of sp³-hybridized carbons (Fsp3) is 0.227. The van der Waals surface area contributed by atoms with Gasteiger partial charge in [-0.3, -0.25) is 9.59 Å². The third-order valence-electron chi connectivity index (χ3n) is 4.33. The highest BCUT2D eigenvalue weighted by Gasteiger charge is 2.20. The SMILES string of the molecule is CC(NC(=O)COC(=O)[C@H](C)NC(=O)c1ccccc1)c1cc2ccccc2o1. The van der Waals surface area contributed by atoms with Crippen molar-refractivity contribution in [2.45, 2.75) is 25.9 Å². The molecule has 1 heterocycles. The number of rotatable bonds is 7. The molecular formula is C22H22N2O5. The van der Waals surface area contributed by atoms with Crippen LogP contribution < -0.4 is 10.6 Å². The highest BCUT2D eigenvalue weighted by Crippen LogP contribution is 2.23. The molecule has 2 aromatic carbocycles. The number of hydrogen-bond donors (Lipinski definition) is 2. The van der Waals surface area contributed by atoms with Crippen LogP contribution in [0.2, 0.25) is 0 Å². The van der Waals surface area contributed by atoms with Gasteiger partial charge in [0.15, 0.2) is 6.61 Å². The lowest BCUT2D eigenvalue weighted by molar-refractivity contribution is -0.150. The fourth-order valence-corrected chi connectivity index (χ4v) is 2.76. The molecule has 1 aromatic heterocycles. The zero-order valence-corrected chi connectivity index (χ0v) is 16.2. The largest absolute Gasteiger partial charge is 0.459 e. The minimum absolute atomic E-state index is 0.385. The Morgan fingerprint density at radius 2 is 1.66 bits per heavy atom. The molecule has 7 nitrogen and oxygen atoms in total. The van der Waals surface area contributed by atoms with Crippen LogP contribution in [0.3, 0.4) is 0 Å². The summed E-state index contributed by atoms with van der Waals surface area (Å²) in [6, 6.07) is 16.7. The average molecular weight is 394 g/mol. The van der Waals surface area contributed by atoms with Crippen molar-refractivity contribution >= 4 is 28.8 Å². The number of esters is 1. The molecule has 0 radical (unpaired) electrons. The van der Waals surface area contributed by atoms with Crippen LogP contribution in [0.15, 0.2) is 65.1 Å². The van der Waals surface area contributed by atoms with Crippen LogP contribution in [-0.2, 0) is 14.3 Å². The summed E-state index contributed by atoms with van der Waals surface area (Å²) in [6.45, 7) is 2.83. The van der Waals surface area contributed by atoms with Crippen molar-refractivity contribution < 1.29 is 23.5 Å². The lowest BCUT2D eigenvalue weighted by atomic mass is 10.2. The van der Waals surface area contributed by atoms with Crippen LogP contribution in [0.25, 0.3) is 11.0 Å².